The van der Waals surface area contributed by atoms with Gasteiger partial charge in [-0.25, -0.2) is 0 Å². The second-order valence-corrected chi connectivity index (χ2v) is 4.45. The summed E-state index contributed by atoms with van der Waals surface area (Å²) in [5.41, 5.74) is 0.351. The van der Waals surface area contributed by atoms with Crippen molar-refractivity contribution in [3.8, 4) is 0 Å². The molecule has 0 aromatic heterocycles. The maximum atomic E-state index is 5.56. The predicted octanol–water partition coefficient (Wildman–Crippen LogP) is 1.80. The molecular weight excluding hydrogens is 150 g/mol. The van der Waals surface area contributed by atoms with Crippen LogP contribution >= 0.6 is 0 Å². The quantitative estimate of drug-likeness (QED) is 0.699. The van der Waals surface area contributed by atoms with Crippen molar-refractivity contribution in [2.75, 3.05) is 13.2 Å². The minimum absolute atomic E-state index is 0.351. The first kappa shape index (κ1) is 10.0. The molecule has 1 rings (SSSR count). The van der Waals surface area contributed by atoms with E-state index in [1.165, 1.54) is 6.42 Å². The summed E-state index contributed by atoms with van der Waals surface area (Å²) < 4.78 is 5.56. The average molecular weight is 171 g/mol. The molecule has 72 valence electrons. The average Bonchev–Trinajstić information content (AvgIpc) is 2.30. The topological polar surface area (TPSA) is 21.3 Å². The summed E-state index contributed by atoms with van der Waals surface area (Å²) in [5, 5.41) is 3.48. The van der Waals surface area contributed by atoms with E-state index in [2.05, 4.69) is 33.0 Å². The van der Waals surface area contributed by atoms with Gasteiger partial charge >= 0.3 is 0 Å². The van der Waals surface area contributed by atoms with Crippen molar-refractivity contribution in [3.63, 3.8) is 0 Å². The van der Waals surface area contributed by atoms with E-state index in [0.29, 0.717) is 17.6 Å². The maximum absolute atomic E-state index is 5.56. The van der Waals surface area contributed by atoms with Gasteiger partial charge in [0.05, 0.1) is 6.10 Å². The fraction of sp³-hybridized carbons (Fsp3) is 1.00. The van der Waals surface area contributed by atoms with Crippen molar-refractivity contribution in [1.82, 2.24) is 5.32 Å². The van der Waals surface area contributed by atoms with E-state index in [9.17, 15) is 0 Å². The third kappa shape index (κ3) is 2.20. The van der Waals surface area contributed by atoms with Crippen molar-refractivity contribution >= 4 is 0 Å². The minimum atomic E-state index is 0.351. The van der Waals surface area contributed by atoms with E-state index in [1.807, 2.05) is 0 Å². The first-order chi connectivity index (χ1) is 5.54. The zero-order valence-corrected chi connectivity index (χ0v) is 8.68. The summed E-state index contributed by atoms with van der Waals surface area (Å²) >= 11 is 0. The number of ether oxygens (including phenoxy) is 1. The van der Waals surface area contributed by atoms with Gasteiger partial charge in [-0.1, -0.05) is 20.8 Å². The van der Waals surface area contributed by atoms with Crippen LogP contribution in [-0.4, -0.2) is 25.3 Å². The Labute approximate surface area is 75.7 Å². The summed E-state index contributed by atoms with van der Waals surface area (Å²) in [4.78, 5) is 0. The van der Waals surface area contributed by atoms with Crippen LogP contribution in [0.3, 0.4) is 0 Å². The molecule has 1 heterocycles. The second-order valence-electron chi connectivity index (χ2n) is 4.45. The molecule has 1 aliphatic rings. The molecule has 0 bridgehead atoms. The SMILES string of the molecule is CC(C)NCC1(C)CCOC1C. The highest BCUT2D eigenvalue weighted by molar-refractivity contribution is 4.87. The Morgan fingerprint density at radius 1 is 1.58 bits per heavy atom. The molecule has 2 atom stereocenters. The van der Waals surface area contributed by atoms with E-state index in [4.69, 9.17) is 4.74 Å². The number of rotatable bonds is 3. The largest absolute Gasteiger partial charge is 0.378 e. The van der Waals surface area contributed by atoms with Crippen LogP contribution in [0.4, 0.5) is 0 Å². The van der Waals surface area contributed by atoms with Gasteiger partial charge in [-0.15, -0.1) is 0 Å². The monoisotopic (exact) mass is 171 g/mol. The lowest BCUT2D eigenvalue weighted by Crippen LogP contribution is -2.39. The van der Waals surface area contributed by atoms with Gasteiger partial charge in [0.1, 0.15) is 0 Å². The van der Waals surface area contributed by atoms with Gasteiger partial charge in [-0.3, -0.25) is 0 Å². The molecule has 0 spiro atoms. The molecule has 2 nitrogen and oxygen atoms in total. The molecule has 1 aliphatic heterocycles. The Morgan fingerprint density at radius 2 is 2.25 bits per heavy atom. The van der Waals surface area contributed by atoms with Gasteiger partial charge in [0.25, 0.3) is 0 Å². The first-order valence-electron chi connectivity index (χ1n) is 4.89. The van der Waals surface area contributed by atoms with Gasteiger partial charge in [-0.2, -0.15) is 0 Å². The zero-order valence-electron chi connectivity index (χ0n) is 8.68. The van der Waals surface area contributed by atoms with Crippen molar-refractivity contribution < 1.29 is 4.74 Å². The molecule has 1 fully saturated rings. The highest BCUT2D eigenvalue weighted by Gasteiger charge is 2.36. The number of hydrogen-bond acceptors (Lipinski definition) is 2. The van der Waals surface area contributed by atoms with Crippen LogP contribution in [0.1, 0.15) is 34.1 Å². The standard InChI is InChI=1S/C10H21NO/c1-8(2)11-7-10(4)5-6-12-9(10)3/h8-9,11H,5-7H2,1-4H3. The number of hydrogen-bond donors (Lipinski definition) is 1. The van der Waals surface area contributed by atoms with Crippen LogP contribution in [0.15, 0.2) is 0 Å². The van der Waals surface area contributed by atoms with Crippen molar-refractivity contribution in [1.29, 1.82) is 0 Å². The Bertz CT molecular complexity index is 147. The molecule has 0 aliphatic carbocycles. The molecule has 2 unspecified atom stereocenters. The Balaban J connectivity index is 2.37. The molecular formula is C10H21NO. The summed E-state index contributed by atoms with van der Waals surface area (Å²) in [6, 6.07) is 0.578. The molecule has 0 amide bonds. The fourth-order valence-corrected chi connectivity index (χ4v) is 1.54. The van der Waals surface area contributed by atoms with Gasteiger partial charge in [0.15, 0.2) is 0 Å². The van der Waals surface area contributed by atoms with Gasteiger partial charge in [0.2, 0.25) is 0 Å². The molecule has 1 saturated heterocycles. The van der Waals surface area contributed by atoms with E-state index in [1.54, 1.807) is 0 Å². The van der Waals surface area contributed by atoms with E-state index >= 15 is 0 Å². The van der Waals surface area contributed by atoms with Crippen LogP contribution < -0.4 is 5.32 Å². The van der Waals surface area contributed by atoms with E-state index in [-0.39, 0.29) is 0 Å². The third-order valence-electron chi connectivity index (χ3n) is 2.94. The van der Waals surface area contributed by atoms with Gasteiger partial charge < -0.3 is 10.1 Å². The lowest BCUT2D eigenvalue weighted by molar-refractivity contribution is 0.0708. The van der Waals surface area contributed by atoms with E-state index in [0.717, 1.165) is 13.2 Å². The summed E-state index contributed by atoms with van der Waals surface area (Å²) in [7, 11) is 0. The zero-order chi connectivity index (χ0) is 9.19. The van der Waals surface area contributed by atoms with Crippen LogP contribution in [-0.2, 0) is 4.74 Å². The lowest BCUT2D eigenvalue weighted by Gasteiger charge is -2.28. The van der Waals surface area contributed by atoms with Crippen LogP contribution in [0.2, 0.25) is 0 Å². The normalized spacial score (nSPS) is 36.2. The first-order valence-corrected chi connectivity index (χ1v) is 4.89. The molecule has 0 radical (unpaired) electrons. The molecule has 2 heteroatoms. The molecule has 1 N–H and O–H groups in total. The van der Waals surface area contributed by atoms with Crippen molar-refractivity contribution in [2.24, 2.45) is 5.41 Å². The number of nitrogens with one attached hydrogen (secondary N) is 1. The van der Waals surface area contributed by atoms with Crippen LogP contribution in [0, 0.1) is 5.41 Å². The maximum Gasteiger partial charge on any atom is 0.0613 e. The summed E-state index contributed by atoms with van der Waals surface area (Å²) in [6.07, 6.45) is 1.59. The van der Waals surface area contributed by atoms with Gasteiger partial charge in [0, 0.05) is 24.6 Å². The predicted molar refractivity (Wildman–Crippen MR) is 51.3 cm³/mol. The Kier molecular flexibility index (Phi) is 3.13. The fourth-order valence-electron chi connectivity index (χ4n) is 1.54. The summed E-state index contributed by atoms with van der Waals surface area (Å²) in [5.74, 6) is 0. The summed E-state index contributed by atoms with van der Waals surface area (Å²) in [6.45, 7) is 10.9. The van der Waals surface area contributed by atoms with Crippen molar-refractivity contribution in [2.45, 2.75) is 46.3 Å². The highest BCUT2D eigenvalue weighted by Crippen LogP contribution is 2.33. The molecule has 0 aromatic rings. The molecule has 0 aromatic carbocycles. The molecule has 0 saturated carbocycles. The lowest BCUT2D eigenvalue weighted by atomic mass is 9.84. The second kappa shape index (κ2) is 3.75. The Hall–Kier alpha value is -0.0800. The highest BCUT2D eigenvalue weighted by atomic mass is 16.5. The minimum Gasteiger partial charge on any atom is -0.378 e. The Morgan fingerprint density at radius 3 is 2.67 bits per heavy atom. The smallest absolute Gasteiger partial charge is 0.0613 e. The van der Waals surface area contributed by atoms with E-state index < -0.39 is 0 Å². The van der Waals surface area contributed by atoms with Crippen molar-refractivity contribution in [3.05, 3.63) is 0 Å². The molecule has 12 heavy (non-hydrogen) atoms. The third-order valence-corrected chi connectivity index (χ3v) is 2.94. The van der Waals surface area contributed by atoms with Crippen LogP contribution in [0.25, 0.3) is 0 Å². The van der Waals surface area contributed by atoms with Gasteiger partial charge in [-0.05, 0) is 13.3 Å². The van der Waals surface area contributed by atoms with Crippen LogP contribution in [0.5, 0.6) is 0 Å².